The lowest BCUT2D eigenvalue weighted by atomic mass is 9.96. The Morgan fingerprint density at radius 1 is 1.26 bits per heavy atom. The lowest BCUT2D eigenvalue weighted by Crippen LogP contribution is -2.23. The van der Waals surface area contributed by atoms with Crippen molar-refractivity contribution in [3.63, 3.8) is 0 Å². The molecule has 1 saturated carbocycles. The van der Waals surface area contributed by atoms with Gasteiger partial charge in [0, 0.05) is 12.6 Å². The minimum atomic E-state index is 0.550. The topological polar surface area (TPSA) is 62.7 Å². The van der Waals surface area contributed by atoms with Gasteiger partial charge in [-0.05, 0) is 25.2 Å². The van der Waals surface area contributed by atoms with Crippen molar-refractivity contribution in [1.29, 1.82) is 0 Å². The highest BCUT2D eigenvalue weighted by molar-refractivity contribution is 5.37. The van der Waals surface area contributed by atoms with Crippen LogP contribution >= 0.6 is 0 Å². The number of nitrogens with zero attached hydrogens (tertiary/aromatic N) is 3. The van der Waals surface area contributed by atoms with Crippen molar-refractivity contribution in [3.05, 3.63) is 6.20 Å². The van der Waals surface area contributed by atoms with Crippen molar-refractivity contribution in [1.82, 2.24) is 15.2 Å². The second kappa shape index (κ2) is 7.26. The first-order valence-electron chi connectivity index (χ1n) is 7.44. The fraction of sp³-hybridized carbons (Fsp3) is 0.786. The molecule has 0 atom stereocenters. The molecular formula is C14H25N5. The Hall–Kier alpha value is -1.39. The summed E-state index contributed by atoms with van der Waals surface area (Å²) in [5.74, 6) is 2.15. The van der Waals surface area contributed by atoms with Gasteiger partial charge in [0.15, 0.2) is 5.82 Å². The molecule has 19 heavy (non-hydrogen) atoms. The molecule has 1 aliphatic carbocycles. The van der Waals surface area contributed by atoms with Gasteiger partial charge in [0.25, 0.3) is 0 Å². The predicted molar refractivity (Wildman–Crippen MR) is 78.3 cm³/mol. The van der Waals surface area contributed by atoms with E-state index < -0.39 is 0 Å². The normalized spacial score (nSPS) is 16.6. The van der Waals surface area contributed by atoms with Gasteiger partial charge in [-0.15, -0.1) is 5.10 Å². The van der Waals surface area contributed by atoms with Gasteiger partial charge in [-0.25, -0.2) is 0 Å². The molecule has 106 valence electrons. The highest BCUT2D eigenvalue weighted by Crippen LogP contribution is 2.20. The largest absolute Gasteiger partial charge is 0.366 e. The highest BCUT2D eigenvalue weighted by atomic mass is 15.3. The Kier molecular flexibility index (Phi) is 5.36. The molecule has 1 aliphatic rings. The lowest BCUT2D eigenvalue weighted by Gasteiger charge is -2.23. The Bertz CT molecular complexity index is 374. The molecule has 0 aliphatic heterocycles. The van der Waals surface area contributed by atoms with Gasteiger partial charge in [-0.3, -0.25) is 0 Å². The number of nitrogens with one attached hydrogen (secondary N) is 2. The standard InChI is InChI=1S/C14H25N5/c1-11(2)8-9-15-14-18-13(10-16-19-14)17-12-6-4-3-5-7-12/h10-12H,3-9H2,1-2H3,(H2,15,17,18,19). The minimum Gasteiger partial charge on any atom is -0.366 e. The van der Waals surface area contributed by atoms with Gasteiger partial charge in [0.2, 0.25) is 5.95 Å². The maximum absolute atomic E-state index is 4.47. The van der Waals surface area contributed by atoms with Gasteiger partial charge in [-0.1, -0.05) is 33.1 Å². The van der Waals surface area contributed by atoms with E-state index in [0.717, 1.165) is 18.8 Å². The number of hydrogen-bond acceptors (Lipinski definition) is 5. The molecule has 0 bridgehead atoms. The zero-order valence-electron chi connectivity index (χ0n) is 12.0. The summed E-state index contributed by atoms with van der Waals surface area (Å²) in [6, 6.07) is 0.550. The van der Waals surface area contributed by atoms with E-state index in [2.05, 4.69) is 39.7 Å². The molecule has 5 heteroatoms. The minimum absolute atomic E-state index is 0.550. The van der Waals surface area contributed by atoms with E-state index in [1.54, 1.807) is 6.20 Å². The van der Waals surface area contributed by atoms with Crippen LogP contribution in [0, 0.1) is 5.92 Å². The van der Waals surface area contributed by atoms with Crippen LogP contribution in [0.25, 0.3) is 0 Å². The molecule has 5 nitrogen and oxygen atoms in total. The molecule has 0 radical (unpaired) electrons. The Labute approximate surface area is 115 Å². The van der Waals surface area contributed by atoms with Gasteiger partial charge in [0.1, 0.15) is 0 Å². The molecule has 1 fully saturated rings. The first kappa shape index (κ1) is 14.0. The number of rotatable bonds is 6. The van der Waals surface area contributed by atoms with E-state index >= 15 is 0 Å². The quantitative estimate of drug-likeness (QED) is 0.826. The number of aromatic nitrogens is 3. The van der Waals surface area contributed by atoms with Crippen molar-refractivity contribution < 1.29 is 0 Å². The zero-order valence-corrected chi connectivity index (χ0v) is 12.0. The van der Waals surface area contributed by atoms with Crippen molar-refractivity contribution in [2.24, 2.45) is 5.92 Å². The summed E-state index contributed by atoms with van der Waals surface area (Å²) in [7, 11) is 0. The summed E-state index contributed by atoms with van der Waals surface area (Å²) in [4.78, 5) is 4.47. The first-order chi connectivity index (χ1) is 9.24. The summed E-state index contributed by atoms with van der Waals surface area (Å²) in [6.45, 7) is 5.32. The Morgan fingerprint density at radius 2 is 2.05 bits per heavy atom. The van der Waals surface area contributed by atoms with Crippen LogP contribution in [-0.2, 0) is 0 Å². The van der Waals surface area contributed by atoms with E-state index in [9.17, 15) is 0 Å². The summed E-state index contributed by atoms with van der Waals surface area (Å²) in [5.41, 5.74) is 0. The van der Waals surface area contributed by atoms with Crippen LogP contribution < -0.4 is 10.6 Å². The third kappa shape index (κ3) is 5.01. The van der Waals surface area contributed by atoms with Gasteiger partial charge < -0.3 is 10.6 Å². The van der Waals surface area contributed by atoms with E-state index in [4.69, 9.17) is 0 Å². The summed E-state index contributed by atoms with van der Waals surface area (Å²) in [5, 5.41) is 14.7. The highest BCUT2D eigenvalue weighted by Gasteiger charge is 2.13. The molecule has 1 heterocycles. The lowest BCUT2D eigenvalue weighted by molar-refractivity contribution is 0.461. The van der Waals surface area contributed by atoms with Crippen LogP contribution in [0.4, 0.5) is 11.8 Å². The molecule has 0 unspecified atom stereocenters. The molecule has 0 spiro atoms. The van der Waals surface area contributed by atoms with Crippen LogP contribution in [-0.4, -0.2) is 27.8 Å². The summed E-state index contributed by atoms with van der Waals surface area (Å²) >= 11 is 0. The van der Waals surface area contributed by atoms with Crippen LogP contribution in [0.2, 0.25) is 0 Å². The molecule has 1 aromatic rings. The van der Waals surface area contributed by atoms with Crippen molar-refractivity contribution >= 4 is 11.8 Å². The zero-order chi connectivity index (χ0) is 13.5. The van der Waals surface area contributed by atoms with Crippen LogP contribution in [0.1, 0.15) is 52.4 Å². The van der Waals surface area contributed by atoms with Crippen LogP contribution in [0.5, 0.6) is 0 Å². The summed E-state index contributed by atoms with van der Waals surface area (Å²) < 4.78 is 0. The van der Waals surface area contributed by atoms with E-state index in [0.29, 0.717) is 17.9 Å². The average Bonchev–Trinajstić information content (AvgIpc) is 2.40. The van der Waals surface area contributed by atoms with E-state index in [-0.39, 0.29) is 0 Å². The van der Waals surface area contributed by atoms with Crippen molar-refractivity contribution in [2.75, 3.05) is 17.2 Å². The monoisotopic (exact) mass is 263 g/mol. The summed E-state index contributed by atoms with van der Waals surface area (Å²) in [6.07, 6.45) is 9.29. The third-order valence-electron chi connectivity index (χ3n) is 3.52. The fourth-order valence-corrected chi connectivity index (χ4v) is 2.38. The average molecular weight is 263 g/mol. The van der Waals surface area contributed by atoms with E-state index in [1.165, 1.54) is 32.1 Å². The fourth-order valence-electron chi connectivity index (χ4n) is 2.38. The maximum Gasteiger partial charge on any atom is 0.244 e. The molecule has 1 aromatic heterocycles. The van der Waals surface area contributed by atoms with Crippen LogP contribution in [0.3, 0.4) is 0 Å². The van der Waals surface area contributed by atoms with Gasteiger partial charge in [0.05, 0.1) is 6.20 Å². The first-order valence-corrected chi connectivity index (χ1v) is 7.44. The molecule has 0 saturated heterocycles. The van der Waals surface area contributed by atoms with Crippen molar-refractivity contribution in [2.45, 2.75) is 58.4 Å². The molecule has 2 N–H and O–H groups in total. The molecular weight excluding hydrogens is 238 g/mol. The van der Waals surface area contributed by atoms with E-state index in [1.807, 2.05) is 0 Å². The molecule has 0 amide bonds. The third-order valence-corrected chi connectivity index (χ3v) is 3.52. The second-order valence-corrected chi connectivity index (χ2v) is 5.75. The molecule has 0 aromatic carbocycles. The van der Waals surface area contributed by atoms with Crippen molar-refractivity contribution in [3.8, 4) is 0 Å². The second-order valence-electron chi connectivity index (χ2n) is 5.75. The Morgan fingerprint density at radius 3 is 2.79 bits per heavy atom. The number of hydrogen-bond donors (Lipinski definition) is 2. The molecule has 2 rings (SSSR count). The Balaban J connectivity index is 1.83. The maximum atomic E-state index is 4.47. The smallest absolute Gasteiger partial charge is 0.244 e. The predicted octanol–water partition coefficient (Wildman–Crippen LogP) is 3.07. The number of anilines is 2. The SMILES string of the molecule is CC(C)CCNc1nncc(NC2CCCCC2)n1. The van der Waals surface area contributed by atoms with Gasteiger partial charge >= 0.3 is 0 Å². The van der Waals surface area contributed by atoms with Crippen LogP contribution in [0.15, 0.2) is 6.20 Å². The van der Waals surface area contributed by atoms with Gasteiger partial charge in [-0.2, -0.15) is 10.1 Å².